The van der Waals surface area contributed by atoms with Gasteiger partial charge in [-0.05, 0) is 18.8 Å². The van der Waals surface area contributed by atoms with Crippen molar-refractivity contribution in [1.29, 1.82) is 0 Å². The molecule has 7 nitrogen and oxygen atoms in total. The van der Waals surface area contributed by atoms with Crippen LogP contribution in [-0.4, -0.2) is 27.1 Å². The minimum absolute atomic E-state index is 0.0845. The number of hydrogen-bond donors (Lipinski definition) is 4. The first-order chi connectivity index (χ1) is 7.70. The zero-order valence-electron chi connectivity index (χ0n) is 8.60. The van der Waals surface area contributed by atoms with E-state index in [0.29, 0.717) is 23.7 Å². The molecule has 86 valence electrons. The highest BCUT2D eigenvalue weighted by Gasteiger charge is 2.25. The standard InChI is InChI=1S/C9H13N5O2/c10-8(14-16)6-4-11-13-9(6)12-7(15)3-5-1-2-5/h4-5,16H,1-3H2,(H2,10,14)(H2,11,12,13,15). The third-order valence-corrected chi connectivity index (χ3v) is 2.46. The molecule has 1 amide bonds. The molecule has 5 N–H and O–H groups in total. The number of nitrogens with zero attached hydrogens (tertiary/aromatic N) is 2. The van der Waals surface area contributed by atoms with Gasteiger partial charge in [0.25, 0.3) is 0 Å². The van der Waals surface area contributed by atoms with Crippen LogP contribution in [0.2, 0.25) is 0 Å². The van der Waals surface area contributed by atoms with Gasteiger partial charge in [0.1, 0.15) is 5.82 Å². The third-order valence-electron chi connectivity index (χ3n) is 2.46. The molecule has 1 aliphatic rings. The Hall–Kier alpha value is -2.05. The predicted octanol–water partition coefficient (Wildman–Crippen LogP) is 0.243. The molecule has 1 aromatic rings. The van der Waals surface area contributed by atoms with Crippen molar-refractivity contribution in [2.24, 2.45) is 16.8 Å². The van der Waals surface area contributed by atoms with Crippen LogP contribution in [0.5, 0.6) is 0 Å². The van der Waals surface area contributed by atoms with E-state index in [1.165, 1.54) is 6.20 Å². The Morgan fingerprint density at radius 2 is 2.50 bits per heavy atom. The molecule has 1 saturated carbocycles. The number of H-pyrrole nitrogens is 1. The summed E-state index contributed by atoms with van der Waals surface area (Å²) in [7, 11) is 0. The van der Waals surface area contributed by atoms with E-state index in [9.17, 15) is 4.79 Å². The van der Waals surface area contributed by atoms with Gasteiger partial charge in [-0.2, -0.15) is 5.10 Å². The highest BCUT2D eigenvalue weighted by atomic mass is 16.4. The maximum absolute atomic E-state index is 11.5. The van der Waals surface area contributed by atoms with Crippen molar-refractivity contribution in [3.8, 4) is 0 Å². The van der Waals surface area contributed by atoms with Crippen molar-refractivity contribution < 1.29 is 10.0 Å². The summed E-state index contributed by atoms with van der Waals surface area (Å²) in [5, 5.41) is 20.4. The van der Waals surface area contributed by atoms with Crippen molar-refractivity contribution in [3.05, 3.63) is 11.8 Å². The second-order valence-electron chi connectivity index (χ2n) is 3.84. The highest BCUT2D eigenvalue weighted by molar-refractivity contribution is 6.04. The average molecular weight is 223 g/mol. The molecule has 0 atom stereocenters. The lowest BCUT2D eigenvalue weighted by molar-refractivity contribution is -0.116. The molecule has 1 aromatic heterocycles. The molecule has 0 aromatic carbocycles. The number of rotatable bonds is 4. The number of aromatic nitrogens is 2. The van der Waals surface area contributed by atoms with E-state index in [0.717, 1.165) is 12.8 Å². The maximum Gasteiger partial charge on any atom is 0.225 e. The number of hydrogen-bond acceptors (Lipinski definition) is 4. The minimum Gasteiger partial charge on any atom is -0.409 e. The zero-order valence-corrected chi connectivity index (χ0v) is 8.60. The fraction of sp³-hybridized carbons (Fsp3) is 0.444. The molecular weight excluding hydrogens is 210 g/mol. The summed E-state index contributed by atoms with van der Waals surface area (Å²) in [5.41, 5.74) is 5.80. The lowest BCUT2D eigenvalue weighted by Crippen LogP contribution is -2.18. The topological polar surface area (TPSA) is 116 Å². The Kier molecular flexibility index (Phi) is 2.76. The summed E-state index contributed by atoms with van der Waals surface area (Å²) in [5.74, 6) is 0.699. The lowest BCUT2D eigenvalue weighted by Gasteiger charge is -2.03. The van der Waals surface area contributed by atoms with Crippen LogP contribution in [0.25, 0.3) is 0 Å². The summed E-state index contributed by atoms with van der Waals surface area (Å²) in [4.78, 5) is 11.5. The van der Waals surface area contributed by atoms with Crippen LogP contribution in [0.15, 0.2) is 11.4 Å². The molecule has 0 spiro atoms. The summed E-state index contributed by atoms with van der Waals surface area (Å²) < 4.78 is 0. The van der Waals surface area contributed by atoms with Crippen LogP contribution in [0, 0.1) is 5.92 Å². The number of oxime groups is 1. The van der Waals surface area contributed by atoms with Gasteiger partial charge in [-0.15, -0.1) is 0 Å². The Bertz CT molecular complexity index is 421. The quantitative estimate of drug-likeness (QED) is 0.253. The molecule has 7 heteroatoms. The molecule has 0 aliphatic heterocycles. The zero-order chi connectivity index (χ0) is 11.5. The van der Waals surface area contributed by atoms with Gasteiger partial charge >= 0.3 is 0 Å². The first-order valence-corrected chi connectivity index (χ1v) is 5.02. The largest absolute Gasteiger partial charge is 0.409 e. The summed E-state index contributed by atoms with van der Waals surface area (Å²) in [6.07, 6.45) is 4.13. The predicted molar refractivity (Wildman–Crippen MR) is 57.1 cm³/mol. The number of anilines is 1. The van der Waals surface area contributed by atoms with E-state index in [2.05, 4.69) is 20.7 Å². The van der Waals surface area contributed by atoms with Gasteiger partial charge in [0.05, 0.1) is 11.8 Å². The normalized spacial score (nSPS) is 16.1. The number of amidine groups is 1. The van der Waals surface area contributed by atoms with Crippen LogP contribution in [-0.2, 0) is 4.79 Å². The number of amides is 1. The van der Waals surface area contributed by atoms with Gasteiger partial charge in [-0.1, -0.05) is 5.16 Å². The maximum atomic E-state index is 11.5. The van der Waals surface area contributed by atoms with Crippen molar-refractivity contribution in [2.45, 2.75) is 19.3 Å². The number of carbonyl (C=O) groups is 1. The smallest absolute Gasteiger partial charge is 0.225 e. The van der Waals surface area contributed by atoms with E-state index < -0.39 is 0 Å². The molecule has 16 heavy (non-hydrogen) atoms. The number of aromatic amines is 1. The molecule has 1 aliphatic carbocycles. The Labute approximate surface area is 91.7 Å². The second kappa shape index (κ2) is 4.21. The van der Waals surface area contributed by atoms with Crippen LogP contribution in [0.1, 0.15) is 24.8 Å². The molecule has 0 radical (unpaired) electrons. The van der Waals surface area contributed by atoms with Gasteiger partial charge < -0.3 is 16.3 Å². The second-order valence-corrected chi connectivity index (χ2v) is 3.84. The molecular formula is C9H13N5O2. The van der Waals surface area contributed by atoms with Crippen molar-refractivity contribution in [1.82, 2.24) is 10.2 Å². The highest BCUT2D eigenvalue weighted by Crippen LogP contribution is 2.32. The minimum atomic E-state index is -0.0875. The van der Waals surface area contributed by atoms with Crippen molar-refractivity contribution in [3.63, 3.8) is 0 Å². The lowest BCUT2D eigenvalue weighted by atomic mass is 10.2. The van der Waals surface area contributed by atoms with Gasteiger partial charge in [0.2, 0.25) is 5.91 Å². The molecule has 0 saturated heterocycles. The molecule has 1 fully saturated rings. The van der Waals surface area contributed by atoms with Gasteiger partial charge in [-0.3, -0.25) is 9.89 Å². The van der Waals surface area contributed by atoms with Crippen LogP contribution in [0.3, 0.4) is 0 Å². The van der Waals surface area contributed by atoms with E-state index in [1.54, 1.807) is 0 Å². The molecule has 0 unspecified atom stereocenters. The number of nitrogens with two attached hydrogens (primary N) is 1. The first-order valence-electron chi connectivity index (χ1n) is 5.02. The third kappa shape index (κ3) is 2.30. The fourth-order valence-electron chi connectivity index (χ4n) is 1.40. The van der Waals surface area contributed by atoms with Gasteiger partial charge in [-0.25, -0.2) is 0 Å². The number of nitrogens with one attached hydrogen (secondary N) is 2. The Morgan fingerprint density at radius 1 is 1.75 bits per heavy atom. The van der Waals surface area contributed by atoms with Crippen LogP contribution >= 0.6 is 0 Å². The Balaban J connectivity index is 2.02. The van der Waals surface area contributed by atoms with Crippen molar-refractivity contribution in [2.75, 3.05) is 5.32 Å². The summed E-state index contributed by atoms with van der Waals surface area (Å²) in [6.45, 7) is 0. The van der Waals surface area contributed by atoms with Crippen LogP contribution < -0.4 is 11.1 Å². The average Bonchev–Trinajstić information content (AvgIpc) is 2.94. The summed E-state index contributed by atoms with van der Waals surface area (Å²) >= 11 is 0. The Morgan fingerprint density at radius 3 is 3.12 bits per heavy atom. The van der Waals surface area contributed by atoms with Crippen LogP contribution in [0.4, 0.5) is 5.82 Å². The monoisotopic (exact) mass is 223 g/mol. The number of carbonyl (C=O) groups excluding carboxylic acids is 1. The fourth-order valence-corrected chi connectivity index (χ4v) is 1.40. The van der Waals surface area contributed by atoms with E-state index in [4.69, 9.17) is 10.9 Å². The van der Waals surface area contributed by atoms with Gasteiger partial charge in [0.15, 0.2) is 5.84 Å². The van der Waals surface area contributed by atoms with E-state index >= 15 is 0 Å². The van der Waals surface area contributed by atoms with Crippen molar-refractivity contribution >= 4 is 17.6 Å². The molecule has 0 bridgehead atoms. The van der Waals surface area contributed by atoms with E-state index in [1.807, 2.05) is 0 Å². The molecule has 2 rings (SSSR count). The first kappa shape index (κ1) is 10.5. The summed E-state index contributed by atoms with van der Waals surface area (Å²) in [6, 6.07) is 0. The SMILES string of the molecule is NC(=NO)c1cn[nH]c1NC(=O)CC1CC1. The molecule has 1 heterocycles. The van der Waals surface area contributed by atoms with E-state index in [-0.39, 0.29) is 11.7 Å². The van der Waals surface area contributed by atoms with Gasteiger partial charge in [0, 0.05) is 6.42 Å².